The van der Waals surface area contributed by atoms with Crippen molar-refractivity contribution in [3.63, 3.8) is 0 Å². The van der Waals surface area contributed by atoms with Gasteiger partial charge in [-0.15, -0.1) is 0 Å². The number of hydrogen-bond donors (Lipinski definition) is 0. The topological polar surface area (TPSA) is 34.0 Å². The van der Waals surface area contributed by atoms with Crippen LogP contribution in [0, 0.1) is 5.92 Å². The second-order valence-electron chi connectivity index (χ2n) is 5.14. The van der Waals surface area contributed by atoms with Gasteiger partial charge in [0.15, 0.2) is 5.13 Å². The van der Waals surface area contributed by atoms with Crippen LogP contribution in [0.1, 0.15) is 0 Å². The maximum absolute atomic E-state index is 6.01. The van der Waals surface area contributed by atoms with E-state index < -0.39 is 0 Å². The van der Waals surface area contributed by atoms with Crippen LogP contribution >= 0.6 is 22.9 Å². The van der Waals surface area contributed by atoms with Crippen molar-refractivity contribution >= 4 is 38.3 Å². The number of halogens is 1. The Morgan fingerprint density at radius 2 is 2.25 bits per heavy atom. The van der Waals surface area contributed by atoms with Gasteiger partial charge in [-0.1, -0.05) is 22.9 Å². The number of rotatable bonds is 3. The second kappa shape index (κ2) is 4.75. The second-order valence-corrected chi connectivity index (χ2v) is 6.58. The maximum Gasteiger partial charge on any atom is 0.186 e. The van der Waals surface area contributed by atoms with Crippen LogP contribution in [-0.4, -0.2) is 27.6 Å². The Kier molecular flexibility index (Phi) is 2.89. The largest absolute Gasteiger partial charge is 0.347 e. The van der Waals surface area contributed by atoms with E-state index in [2.05, 4.69) is 19.4 Å². The number of imidazole rings is 1. The molecule has 1 saturated heterocycles. The van der Waals surface area contributed by atoms with Crippen molar-refractivity contribution in [1.29, 1.82) is 0 Å². The molecule has 0 bridgehead atoms. The van der Waals surface area contributed by atoms with E-state index in [0.717, 1.165) is 40.0 Å². The lowest BCUT2D eigenvalue weighted by atomic mass is 10.0. The number of aromatic nitrogens is 3. The highest BCUT2D eigenvalue weighted by Crippen LogP contribution is 2.34. The molecule has 0 saturated carbocycles. The molecule has 2 aromatic heterocycles. The standard InChI is InChI=1S/C14H13ClN4S/c15-11-1-2-12-13(5-11)20-14(17-12)19-7-10(8-19)6-18-4-3-16-9-18/h1-5,9-10H,6-8H2. The molecule has 1 aliphatic heterocycles. The molecule has 20 heavy (non-hydrogen) atoms. The van der Waals surface area contributed by atoms with E-state index >= 15 is 0 Å². The van der Waals surface area contributed by atoms with Crippen LogP contribution in [-0.2, 0) is 6.54 Å². The average molecular weight is 305 g/mol. The lowest BCUT2D eigenvalue weighted by Crippen LogP contribution is -2.48. The SMILES string of the molecule is Clc1ccc2nc(N3CC(Cn4ccnc4)C3)sc2c1. The number of hydrogen-bond acceptors (Lipinski definition) is 4. The number of thiazole rings is 1. The van der Waals surface area contributed by atoms with E-state index in [1.807, 2.05) is 36.9 Å². The third kappa shape index (κ3) is 2.17. The van der Waals surface area contributed by atoms with Gasteiger partial charge >= 0.3 is 0 Å². The monoisotopic (exact) mass is 304 g/mol. The molecule has 0 spiro atoms. The zero-order chi connectivity index (χ0) is 13.5. The first-order valence-corrected chi connectivity index (χ1v) is 7.74. The van der Waals surface area contributed by atoms with Crippen LogP contribution in [0.5, 0.6) is 0 Å². The van der Waals surface area contributed by atoms with Gasteiger partial charge in [-0.05, 0) is 18.2 Å². The highest BCUT2D eigenvalue weighted by Gasteiger charge is 2.29. The highest BCUT2D eigenvalue weighted by atomic mass is 35.5. The average Bonchev–Trinajstić information content (AvgIpc) is 3.01. The highest BCUT2D eigenvalue weighted by molar-refractivity contribution is 7.22. The Bertz CT molecular complexity index is 731. The predicted molar refractivity (Wildman–Crippen MR) is 82.6 cm³/mol. The number of fused-ring (bicyclic) bond motifs is 1. The van der Waals surface area contributed by atoms with Gasteiger partial charge in [-0.25, -0.2) is 9.97 Å². The summed E-state index contributed by atoms with van der Waals surface area (Å²) in [5.41, 5.74) is 1.03. The van der Waals surface area contributed by atoms with Gasteiger partial charge in [0, 0.05) is 43.0 Å². The molecule has 0 N–H and O–H groups in total. The molecule has 4 rings (SSSR count). The Hall–Kier alpha value is -1.59. The summed E-state index contributed by atoms with van der Waals surface area (Å²) in [5, 5.41) is 1.87. The predicted octanol–water partition coefficient (Wildman–Crippen LogP) is 3.28. The van der Waals surface area contributed by atoms with Crippen LogP contribution in [0.3, 0.4) is 0 Å². The minimum absolute atomic E-state index is 0.680. The molecule has 0 radical (unpaired) electrons. The Balaban J connectivity index is 1.46. The van der Waals surface area contributed by atoms with Gasteiger partial charge in [0.05, 0.1) is 16.5 Å². The minimum Gasteiger partial charge on any atom is -0.347 e. The quantitative estimate of drug-likeness (QED) is 0.744. The van der Waals surface area contributed by atoms with Crippen molar-refractivity contribution in [2.75, 3.05) is 18.0 Å². The van der Waals surface area contributed by atoms with Crippen LogP contribution in [0.25, 0.3) is 10.2 Å². The lowest BCUT2D eigenvalue weighted by Gasteiger charge is -2.39. The van der Waals surface area contributed by atoms with Crippen LogP contribution in [0.15, 0.2) is 36.9 Å². The molecule has 6 heteroatoms. The first-order chi connectivity index (χ1) is 9.78. The first kappa shape index (κ1) is 12.2. The number of nitrogens with zero attached hydrogens (tertiary/aromatic N) is 4. The van der Waals surface area contributed by atoms with E-state index in [1.165, 1.54) is 0 Å². The molecule has 1 fully saturated rings. The van der Waals surface area contributed by atoms with E-state index in [-0.39, 0.29) is 0 Å². The van der Waals surface area contributed by atoms with E-state index in [4.69, 9.17) is 11.6 Å². The fourth-order valence-electron chi connectivity index (χ4n) is 2.56. The van der Waals surface area contributed by atoms with E-state index in [1.54, 1.807) is 11.3 Å². The van der Waals surface area contributed by atoms with Crippen LogP contribution in [0.2, 0.25) is 5.02 Å². The van der Waals surface area contributed by atoms with Gasteiger partial charge in [-0.2, -0.15) is 0 Å². The Labute approximate surface area is 125 Å². The maximum atomic E-state index is 6.01. The zero-order valence-corrected chi connectivity index (χ0v) is 12.3. The molecule has 0 aliphatic carbocycles. The zero-order valence-electron chi connectivity index (χ0n) is 10.7. The fraction of sp³-hybridized carbons (Fsp3) is 0.286. The van der Waals surface area contributed by atoms with Crippen molar-refractivity contribution in [2.45, 2.75) is 6.54 Å². The fourth-order valence-corrected chi connectivity index (χ4v) is 3.82. The summed E-state index contributed by atoms with van der Waals surface area (Å²) in [6.45, 7) is 3.16. The molecule has 3 heterocycles. The molecule has 3 aromatic rings. The van der Waals surface area contributed by atoms with Crippen molar-refractivity contribution in [3.05, 3.63) is 41.9 Å². The van der Waals surface area contributed by atoms with Crippen LogP contribution < -0.4 is 4.90 Å². The summed E-state index contributed by atoms with van der Waals surface area (Å²) in [5.74, 6) is 0.680. The molecule has 1 aromatic carbocycles. The summed E-state index contributed by atoms with van der Waals surface area (Å²) in [6, 6.07) is 5.87. The molecular weight excluding hydrogens is 292 g/mol. The van der Waals surface area contributed by atoms with Gasteiger partial charge in [-0.3, -0.25) is 0 Å². The first-order valence-electron chi connectivity index (χ1n) is 6.55. The third-order valence-corrected chi connectivity index (χ3v) is 4.91. The molecular formula is C14H13ClN4S. The van der Waals surface area contributed by atoms with Crippen molar-refractivity contribution in [3.8, 4) is 0 Å². The van der Waals surface area contributed by atoms with E-state index in [9.17, 15) is 0 Å². The number of anilines is 1. The normalized spacial score (nSPS) is 15.8. The van der Waals surface area contributed by atoms with Crippen molar-refractivity contribution in [2.24, 2.45) is 5.92 Å². The van der Waals surface area contributed by atoms with E-state index in [0.29, 0.717) is 5.92 Å². The van der Waals surface area contributed by atoms with Crippen LogP contribution in [0.4, 0.5) is 5.13 Å². The van der Waals surface area contributed by atoms with Crippen molar-refractivity contribution < 1.29 is 0 Å². The summed E-state index contributed by atoms with van der Waals surface area (Å²) >= 11 is 7.73. The van der Waals surface area contributed by atoms with Gasteiger partial charge in [0.25, 0.3) is 0 Å². The molecule has 0 amide bonds. The molecule has 102 valence electrons. The van der Waals surface area contributed by atoms with Crippen molar-refractivity contribution in [1.82, 2.24) is 14.5 Å². The summed E-state index contributed by atoms with van der Waals surface area (Å²) in [6.07, 6.45) is 5.72. The summed E-state index contributed by atoms with van der Waals surface area (Å²) in [4.78, 5) is 11.1. The molecule has 0 atom stereocenters. The molecule has 1 aliphatic rings. The Morgan fingerprint density at radius 1 is 1.35 bits per heavy atom. The smallest absolute Gasteiger partial charge is 0.186 e. The van der Waals surface area contributed by atoms with Gasteiger partial charge < -0.3 is 9.47 Å². The minimum atomic E-state index is 0.680. The Morgan fingerprint density at radius 3 is 3.05 bits per heavy atom. The lowest BCUT2D eigenvalue weighted by molar-refractivity contribution is 0.357. The molecule has 4 nitrogen and oxygen atoms in total. The van der Waals surface area contributed by atoms with Gasteiger partial charge in [0.2, 0.25) is 0 Å². The summed E-state index contributed by atoms with van der Waals surface area (Å²) in [7, 11) is 0. The summed E-state index contributed by atoms with van der Waals surface area (Å²) < 4.78 is 3.30. The third-order valence-electron chi connectivity index (χ3n) is 3.60. The van der Waals surface area contributed by atoms with Gasteiger partial charge in [0.1, 0.15) is 0 Å². The molecule has 0 unspecified atom stereocenters. The number of benzene rings is 1.